The summed E-state index contributed by atoms with van der Waals surface area (Å²) in [5.74, 6) is -2.10. The van der Waals surface area contributed by atoms with Crippen LogP contribution in [0.5, 0.6) is 5.75 Å². The molecule has 20 heavy (non-hydrogen) atoms. The number of nitrogens with zero attached hydrogens (tertiary/aromatic N) is 1. The minimum atomic E-state index is -1.01. The Hall–Kier alpha value is -1.85. The summed E-state index contributed by atoms with van der Waals surface area (Å²) in [4.78, 5) is 13.1. The molecule has 2 rings (SSSR count). The molecule has 1 amide bonds. The quantitative estimate of drug-likeness (QED) is 0.838. The lowest BCUT2D eigenvalue weighted by molar-refractivity contribution is -0.0230. The van der Waals surface area contributed by atoms with Gasteiger partial charge >= 0.3 is 6.09 Å². The van der Waals surface area contributed by atoms with E-state index in [-0.39, 0.29) is 11.9 Å². The van der Waals surface area contributed by atoms with Crippen molar-refractivity contribution in [3.05, 3.63) is 29.8 Å². The van der Waals surface area contributed by atoms with Crippen molar-refractivity contribution in [1.82, 2.24) is 4.90 Å². The first-order valence-corrected chi connectivity index (χ1v) is 6.35. The minimum absolute atomic E-state index is 0.140. The molecular weight excluding hydrogens is 268 g/mol. The van der Waals surface area contributed by atoms with Crippen LogP contribution in [-0.2, 0) is 4.74 Å². The molecular formula is C14H17F2NO3. The van der Waals surface area contributed by atoms with E-state index in [1.165, 1.54) is 17.0 Å². The molecule has 1 heterocycles. The third-order valence-corrected chi connectivity index (χ3v) is 2.71. The van der Waals surface area contributed by atoms with Crippen LogP contribution >= 0.6 is 0 Å². The molecule has 1 saturated heterocycles. The zero-order chi connectivity index (χ0) is 14.9. The highest BCUT2D eigenvalue weighted by Gasteiger charge is 2.35. The monoisotopic (exact) mass is 285 g/mol. The van der Waals surface area contributed by atoms with Gasteiger partial charge in [-0.1, -0.05) is 6.07 Å². The van der Waals surface area contributed by atoms with E-state index in [9.17, 15) is 13.6 Å². The molecule has 0 aliphatic carbocycles. The molecule has 0 spiro atoms. The molecule has 0 N–H and O–H groups in total. The number of hydrogen-bond donors (Lipinski definition) is 0. The summed E-state index contributed by atoms with van der Waals surface area (Å²) in [6.45, 7) is 5.93. The Morgan fingerprint density at radius 2 is 1.95 bits per heavy atom. The van der Waals surface area contributed by atoms with Crippen LogP contribution in [0.3, 0.4) is 0 Å². The average molecular weight is 285 g/mol. The summed E-state index contributed by atoms with van der Waals surface area (Å²) < 4.78 is 36.9. The highest BCUT2D eigenvalue weighted by molar-refractivity contribution is 5.69. The molecule has 1 aliphatic heterocycles. The lowest BCUT2D eigenvalue weighted by Crippen LogP contribution is -2.57. The normalized spacial score (nSPS) is 15.8. The Labute approximate surface area is 116 Å². The van der Waals surface area contributed by atoms with Crippen LogP contribution in [0, 0.1) is 11.6 Å². The molecule has 0 saturated carbocycles. The second-order valence-corrected chi connectivity index (χ2v) is 5.68. The molecule has 0 aromatic heterocycles. The van der Waals surface area contributed by atoms with Gasteiger partial charge in [0.25, 0.3) is 0 Å². The predicted molar refractivity (Wildman–Crippen MR) is 68.6 cm³/mol. The van der Waals surface area contributed by atoms with Gasteiger partial charge < -0.3 is 14.4 Å². The maximum Gasteiger partial charge on any atom is 0.410 e. The average Bonchev–Trinajstić information content (AvgIpc) is 2.25. The maximum absolute atomic E-state index is 13.4. The van der Waals surface area contributed by atoms with Gasteiger partial charge in [-0.05, 0) is 32.9 Å². The molecule has 1 aromatic carbocycles. The molecule has 6 heteroatoms. The van der Waals surface area contributed by atoms with E-state index in [4.69, 9.17) is 9.47 Å². The van der Waals surface area contributed by atoms with Gasteiger partial charge in [-0.3, -0.25) is 0 Å². The van der Waals surface area contributed by atoms with Gasteiger partial charge in [0, 0.05) is 0 Å². The summed E-state index contributed by atoms with van der Waals surface area (Å²) in [5.41, 5.74) is -0.558. The van der Waals surface area contributed by atoms with E-state index < -0.39 is 23.3 Å². The van der Waals surface area contributed by atoms with E-state index >= 15 is 0 Å². The Morgan fingerprint density at radius 3 is 2.55 bits per heavy atom. The number of ether oxygens (including phenoxy) is 2. The Bertz CT molecular complexity index is 508. The molecule has 0 radical (unpaired) electrons. The molecule has 1 aromatic rings. The Kier molecular flexibility index (Phi) is 3.83. The molecule has 0 unspecified atom stereocenters. The van der Waals surface area contributed by atoms with Crippen molar-refractivity contribution in [2.75, 3.05) is 13.1 Å². The summed E-state index contributed by atoms with van der Waals surface area (Å²) in [5, 5.41) is 0. The van der Waals surface area contributed by atoms with Crippen LogP contribution in [0.4, 0.5) is 13.6 Å². The first kappa shape index (κ1) is 14.6. The lowest BCUT2D eigenvalue weighted by Gasteiger charge is -2.39. The number of benzene rings is 1. The SMILES string of the molecule is CC(C)(C)OC(=O)N1CC(Oc2cccc(F)c2F)C1. The second-order valence-electron chi connectivity index (χ2n) is 5.68. The zero-order valence-electron chi connectivity index (χ0n) is 11.7. The smallest absolute Gasteiger partial charge is 0.410 e. The predicted octanol–water partition coefficient (Wildman–Crippen LogP) is 2.96. The van der Waals surface area contributed by atoms with Gasteiger partial charge in [-0.2, -0.15) is 4.39 Å². The molecule has 1 aliphatic rings. The summed E-state index contributed by atoms with van der Waals surface area (Å²) >= 11 is 0. The largest absolute Gasteiger partial charge is 0.484 e. The molecule has 0 bridgehead atoms. The molecule has 1 fully saturated rings. The highest BCUT2D eigenvalue weighted by Crippen LogP contribution is 2.24. The molecule has 4 nitrogen and oxygen atoms in total. The van der Waals surface area contributed by atoms with Crippen molar-refractivity contribution in [2.24, 2.45) is 0 Å². The van der Waals surface area contributed by atoms with Gasteiger partial charge in [-0.15, -0.1) is 0 Å². The van der Waals surface area contributed by atoms with Crippen molar-refractivity contribution in [2.45, 2.75) is 32.5 Å². The number of carbonyl (C=O) groups is 1. The van der Waals surface area contributed by atoms with Crippen LogP contribution in [0.15, 0.2) is 18.2 Å². The Morgan fingerprint density at radius 1 is 1.30 bits per heavy atom. The van der Waals surface area contributed by atoms with Crippen molar-refractivity contribution in [1.29, 1.82) is 0 Å². The standard InChI is InChI=1S/C14H17F2NO3/c1-14(2,3)20-13(18)17-7-9(8-17)19-11-6-4-5-10(15)12(11)16/h4-6,9H,7-8H2,1-3H3. The topological polar surface area (TPSA) is 38.8 Å². The van der Waals surface area contributed by atoms with Crippen molar-refractivity contribution in [3.8, 4) is 5.75 Å². The third-order valence-electron chi connectivity index (χ3n) is 2.71. The van der Waals surface area contributed by atoms with Crippen LogP contribution in [0.25, 0.3) is 0 Å². The maximum atomic E-state index is 13.4. The summed E-state index contributed by atoms with van der Waals surface area (Å²) in [6.07, 6.45) is -0.782. The molecule has 0 atom stereocenters. The number of rotatable bonds is 2. The third kappa shape index (κ3) is 3.37. The number of amides is 1. The van der Waals surface area contributed by atoms with E-state index in [2.05, 4.69) is 0 Å². The van der Waals surface area contributed by atoms with Gasteiger partial charge in [0.15, 0.2) is 11.6 Å². The van der Waals surface area contributed by atoms with E-state index in [1.54, 1.807) is 20.8 Å². The van der Waals surface area contributed by atoms with Crippen molar-refractivity contribution < 1.29 is 23.0 Å². The van der Waals surface area contributed by atoms with Crippen molar-refractivity contribution in [3.63, 3.8) is 0 Å². The van der Waals surface area contributed by atoms with E-state index in [0.29, 0.717) is 13.1 Å². The van der Waals surface area contributed by atoms with Crippen molar-refractivity contribution >= 4 is 6.09 Å². The summed E-state index contributed by atoms with van der Waals surface area (Å²) in [7, 11) is 0. The molecule has 110 valence electrons. The fourth-order valence-electron chi connectivity index (χ4n) is 1.74. The number of likely N-dealkylation sites (tertiary alicyclic amines) is 1. The lowest BCUT2D eigenvalue weighted by atomic mass is 10.1. The first-order chi connectivity index (χ1) is 9.26. The fraction of sp³-hybridized carbons (Fsp3) is 0.500. The van der Waals surface area contributed by atoms with Crippen LogP contribution in [0.1, 0.15) is 20.8 Å². The zero-order valence-corrected chi connectivity index (χ0v) is 11.7. The van der Waals surface area contributed by atoms with Gasteiger partial charge in [0.05, 0.1) is 13.1 Å². The van der Waals surface area contributed by atoms with Gasteiger partial charge in [0.1, 0.15) is 11.7 Å². The van der Waals surface area contributed by atoms with E-state index in [1.807, 2.05) is 0 Å². The Balaban J connectivity index is 1.85. The van der Waals surface area contributed by atoms with E-state index in [0.717, 1.165) is 6.07 Å². The number of carbonyl (C=O) groups excluding carboxylic acids is 1. The van der Waals surface area contributed by atoms with Gasteiger partial charge in [0.2, 0.25) is 5.82 Å². The van der Waals surface area contributed by atoms with Gasteiger partial charge in [-0.25, -0.2) is 9.18 Å². The first-order valence-electron chi connectivity index (χ1n) is 6.35. The van der Waals surface area contributed by atoms with Crippen LogP contribution in [0.2, 0.25) is 0 Å². The fourth-order valence-corrected chi connectivity index (χ4v) is 1.74. The van der Waals surface area contributed by atoms with Crippen LogP contribution < -0.4 is 4.74 Å². The summed E-state index contributed by atoms with van der Waals surface area (Å²) in [6, 6.07) is 3.75. The second kappa shape index (κ2) is 5.26. The minimum Gasteiger partial charge on any atom is -0.484 e. The van der Waals surface area contributed by atoms with Crippen LogP contribution in [-0.4, -0.2) is 35.8 Å². The highest BCUT2D eigenvalue weighted by atomic mass is 19.2. The number of halogens is 2. The number of hydrogen-bond acceptors (Lipinski definition) is 3.